The van der Waals surface area contributed by atoms with Crippen LogP contribution in [0.1, 0.15) is 46.1 Å². The van der Waals surface area contributed by atoms with Crippen LogP contribution in [0, 0.1) is 36.5 Å². The summed E-state index contributed by atoms with van der Waals surface area (Å²) in [7, 11) is 1.64. The van der Waals surface area contributed by atoms with Gasteiger partial charge in [-0.3, -0.25) is 4.79 Å². The van der Waals surface area contributed by atoms with Gasteiger partial charge in [0.15, 0.2) is 17.2 Å². The van der Waals surface area contributed by atoms with E-state index in [1.165, 1.54) is 10.9 Å². The average molecular weight is 325 g/mol. The lowest BCUT2D eigenvalue weighted by Gasteiger charge is -2.17. The summed E-state index contributed by atoms with van der Waals surface area (Å²) in [4.78, 5) is 16.5. The van der Waals surface area contributed by atoms with Gasteiger partial charge in [0.1, 0.15) is 12.1 Å². The molecule has 0 aliphatic rings. The number of carbonyl (C=O) groups excluding carboxylic acids is 1. The number of imidazole rings is 1. The van der Waals surface area contributed by atoms with Gasteiger partial charge in [0.05, 0.1) is 25.5 Å². The maximum atomic E-state index is 12.7. The highest BCUT2D eigenvalue weighted by Crippen LogP contribution is 2.22. The van der Waals surface area contributed by atoms with Crippen LogP contribution in [-0.4, -0.2) is 33.6 Å². The Balaban J connectivity index is 2.32. The number of methoxy groups -OCH3 is 1. The molecule has 0 saturated heterocycles. The van der Waals surface area contributed by atoms with E-state index < -0.39 is 0 Å². The Morgan fingerprint density at radius 2 is 2.08 bits per heavy atom. The number of rotatable bonds is 6. The van der Waals surface area contributed by atoms with Gasteiger partial charge in [0, 0.05) is 24.1 Å². The van der Waals surface area contributed by atoms with Gasteiger partial charge in [-0.25, -0.2) is 4.98 Å². The molecule has 0 aliphatic heterocycles. The van der Waals surface area contributed by atoms with Crippen LogP contribution in [0.2, 0.25) is 0 Å². The average Bonchev–Trinajstić information content (AvgIpc) is 3.07. The van der Waals surface area contributed by atoms with Crippen LogP contribution in [0.25, 0.3) is 0 Å². The molecule has 0 N–H and O–H groups in total. The Bertz CT molecular complexity index is 848. The maximum absolute atomic E-state index is 12.7. The van der Waals surface area contributed by atoms with Crippen molar-refractivity contribution in [1.82, 2.24) is 14.1 Å². The Morgan fingerprint density at radius 3 is 2.67 bits per heavy atom. The van der Waals surface area contributed by atoms with Crippen LogP contribution in [0.3, 0.4) is 0 Å². The predicted octanol–water partition coefficient (Wildman–Crippen LogP) is 2.14. The molecule has 0 saturated carbocycles. The van der Waals surface area contributed by atoms with Gasteiger partial charge in [0.25, 0.3) is 0 Å². The van der Waals surface area contributed by atoms with Crippen molar-refractivity contribution >= 4 is 5.78 Å². The first-order valence-electron chi connectivity index (χ1n) is 7.50. The summed E-state index contributed by atoms with van der Waals surface area (Å²) in [6.45, 7) is 6.39. The third-order valence-electron chi connectivity index (χ3n) is 4.00. The molecule has 0 fully saturated rings. The van der Waals surface area contributed by atoms with E-state index in [-0.39, 0.29) is 29.8 Å². The lowest BCUT2D eigenvalue weighted by molar-refractivity contribution is 0.0970. The predicted molar refractivity (Wildman–Crippen MR) is 86.5 cm³/mol. The van der Waals surface area contributed by atoms with Gasteiger partial charge in [-0.05, 0) is 26.8 Å². The second kappa shape index (κ2) is 7.12. The van der Waals surface area contributed by atoms with Crippen LogP contribution in [0.4, 0.5) is 0 Å². The lowest BCUT2D eigenvalue weighted by Crippen LogP contribution is -2.16. The molecule has 2 rings (SSSR count). The Hall–Kier alpha value is -2.90. The van der Waals surface area contributed by atoms with Crippen LogP contribution in [-0.2, 0) is 11.3 Å². The van der Waals surface area contributed by atoms with Gasteiger partial charge in [-0.15, -0.1) is 0 Å². The molecule has 124 valence electrons. The van der Waals surface area contributed by atoms with Gasteiger partial charge >= 0.3 is 0 Å². The first-order valence-corrected chi connectivity index (χ1v) is 7.50. The molecular formula is C17H19N5O2. The van der Waals surface area contributed by atoms with Gasteiger partial charge in [-0.2, -0.15) is 10.5 Å². The van der Waals surface area contributed by atoms with E-state index in [9.17, 15) is 4.79 Å². The fourth-order valence-electron chi connectivity index (χ4n) is 2.99. The largest absolute Gasteiger partial charge is 0.383 e. The van der Waals surface area contributed by atoms with Crippen LogP contribution in [0.5, 0.6) is 0 Å². The van der Waals surface area contributed by atoms with Crippen LogP contribution >= 0.6 is 0 Å². The molecule has 0 aliphatic carbocycles. The van der Waals surface area contributed by atoms with Crippen molar-refractivity contribution in [3.8, 4) is 12.1 Å². The highest BCUT2D eigenvalue weighted by atomic mass is 16.5. The molecule has 0 bridgehead atoms. The van der Waals surface area contributed by atoms with E-state index in [4.69, 9.17) is 15.3 Å². The summed E-state index contributed by atoms with van der Waals surface area (Å²) < 4.78 is 8.67. The zero-order valence-electron chi connectivity index (χ0n) is 14.2. The molecule has 2 aromatic heterocycles. The summed E-state index contributed by atoms with van der Waals surface area (Å²) in [5.41, 5.74) is 2.58. The molecule has 0 spiro atoms. The summed E-state index contributed by atoms with van der Waals surface area (Å²) in [5, 5.41) is 18.1. The number of nitriles is 2. The number of hydrogen-bond acceptors (Lipinski definition) is 5. The van der Waals surface area contributed by atoms with Crippen molar-refractivity contribution in [2.75, 3.05) is 13.7 Å². The first-order chi connectivity index (χ1) is 11.4. The molecular weight excluding hydrogens is 306 g/mol. The normalized spacial score (nSPS) is 11.8. The quantitative estimate of drug-likeness (QED) is 0.758. The minimum absolute atomic E-state index is 0.0273. The van der Waals surface area contributed by atoms with Gasteiger partial charge in [0.2, 0.25) is 0 Å². The molecule has 1 atom stereocenters. The number of ketones is 1. The van der Waals surface area contributed by atoms with E-state index in [1.54, 1.807) is 7.11 Å². The third-order valence-corrected chi connectivity index (χ3v) is 4.00. The minimum atomic E-state index is -0.127. The minimum Gasteiger partial charge on any atom is -0.383 e. The van der Waals surface area contributed by atoms with Crippen molar-refractivity contribution in [3.63, 3.8) is 0 Å². The van der Waals surface area contributed by atoms with Crippen LogP contribution < -0.4 is 0 Å². The Morgan fingerprint density at radius 1 is 1.38 bits per heavy atom. The topological polar surface area (TPSA) is 96.6 Å². The van der Waals surface area contributed by atoms with Crippen molar-refractivity contribution in [3.05, 3.63) is 40.7 Å². The Labute approximate surface area is 140 Å². The highest BCUT2D eigenvalue weighted by molar-refractivity contribution is 5.97. The molecule has 24 heavy (non-hydrogen) atoms. The van der Waals surface area contributed by atoms with E-state index in [2.05, 4.69) is 9.55 Å². The second-order valence-corrected chi connectivity index (χ2v) is 5.68. The molecule has 0 aromatic carbocycles. The zero-order valence-corrected chi connectivity index (χ0v) is 14.2. The first kappa shape index (κ1) is 17.5. The van der Waals surface area contributed by atoms with Crippen molar-refractivity contribution in [2.24, 2.45) is 0 Å². The summed E-state index contributed by atoms with van der Waals surface area (Å²) in [5.74, 6) is -0.127. The number of nitrogens with zero attached hydrogens (tertiary/aromatic N) is 5. The molecule has 0 amide bonds. The van der Waals surface area contributed by atoms with Gasteiger partial charge < -0.3 is 13.9 Å². The van der Waals surface area contributed by atoms with E-state index in [0.29, 0.717) is 12.2 Å². The SMILES string of the molecule is COC[C@H](C)n1c(C)cc(C(=O)Cn2cnc(C#N)c2C#N)c1C. The summed E-state index contributed by atoms with van der Waals surface area (Å²) in [6, 6.07) is 5.73. The molecule has 0 radical (unpaired) electrons. The fraction of sp³-hybridized carbons (Fsp3) is 0.412. The van der Waals surface area contributed by atoms with Crippen molar-refractivity contribution in [1.29, 1.82) is 10.5 Å². The standard InChI is InChI=1S/C17H19N5O2/c1-11-5-14(13(3)22(11)12(2)9-24-4)17(23)8-21-10-20-15(6-18)16(21)7-19/h5,10,12H,8-9H2,1-4H3/t12-/m0/s1. The Kier molecular flexibility index (Phi) is 5.18. The molecule has 2 aromatic rings. The van der Waals surface area contributed by atoms with Gasteiger partial charge in [-0.1, -0.05) is 0 Å². The zero-order chi connectivity index (χ0) is 17.9. The van der Waals surface area contributed by atoms with E-state index in [0.717, 1.165) is 11.4 Å². The number of ether oxygens (including phenoxy) is 1. The second-order valence-electron chi connectivity index (χ2n) is 5.68. The van der Waals surface area contributed by atoms with E-state index in [1.807, 2.05) is 39.0 Å². The lowest BCUT2D eigenvalue weighted by atomic mass is 10.1. The molecule has 7 heteroatoms. The highest BCUT2D eigenvalue weighted by Gasteiger charge is 2.20. The number of aryl methyl sites for hydroxylation is 1. The molecule has 2 heterocycles. The monoisotopic (exact) mass is 325 g/mol. The number of aromatic nitrogens is 3. The van der Waals surface area contributed by atoms with Crippen molar-refractivity contribution in [2.45, 2.75) is 33.4 Å². The number of carbonyl (C=O) groups is 1. The summed E-state index contributed by atoms with van der Waals surface area (Å²) >= 11 is 0. The van der Waals surface area contributed by atoms with E-state index >= 15 is 0 Å². The maximum Gasteiger partial charge on any atom is 0.184 e. The molecule has 7 nitrogen and oxygen atoms in total. The third kappa shape index (κ3) is 3.08. The number of Topliss-reactive ketones (excluding diaryl/α,β-unsaturated/α-hetero) is 1. The van der Waals surface area contributed by atoms with Crippen LogP contribution in [0.15, 0.2) is 12.4 Å². The fourth-order valence-corrected chi connectivity index (χ4v) is 2.99. The summed E-state index contributed by atoms with van der Waals surface area (Å²) in [6.07, 6.45) is 1.35. The van der Waals surface area contributed by atoms with Crippen molar-refractivity contribution < 1.29 is 9.53 Å². The molecule has 0 unspecified atom stereocenters. The number of hydrogen-bond donors (Lipinski definition) is 0. The smallest absolute Gasteiger partial charge is 0.184 e.